The summed E-state index contributed by atoms with van der Waals surface area (Å²) in [4.78, 5) is 21.5. The third-order valence-corrected chi connectivity index (χ3v) is 6.07. The third kappa shape index (κ3) is 5.85. The first-order valence-corrected chi connectivity index (χ1v) is 11.2. The third-order valence-electron chi connectivity index (χ3n) is 4.79. The monoisotopic (exact) mass is 488 g/mol. The van der Waals surface area contributed by atoms with Gasteiger partial charge in [-0.1, -0.05) is 17.7 Å². The summed E-state index contributed by atoms with van der Waals surface area (Å²) >= 11 is 0. The number of hydrogen-bond acceptors (Lipinski definition) is 9. The molecule has 0 spiro atoms. The van der Waals surface area contributed by atoms with Crippen molar-refractivity contribution in [2.45, 2.75) is 25.0 Å². The van der Waals surface area contributed by atoms with Crippen LogP contribution in [0.15, 0.2) is 65.6 Å². The molecule has 0 fully saturated rings. The summed E-state index contributed by atoms with van der Waals surface area (Å²) < 4.78 is 40.5. The van der Waals surface area contributed by atoms with Gasteiger partial charge in [0.25, 0.3) is 21.5 Å². The fourth-order valence-corrected chi connectivity index (χ4v) is 3.88. The summed E-state index contributed by atoms with van der Waals surface area (Å²) in [5, 5.41) is 23.3. The smallest absolute Gasteiger partial charge is 0.297 e. The summed E-state index contributed by atoms with van der Waals surface area (Å²) in [6.07, 6.45) is 0. The van der Waals surface area contributed by atoms with Crippen LogP contribution < -0.4 is 9.47 Å². The molecular formula is C22H20N2O9S. The van der Waals surface area contributed by atoms with Gasteiger partial charge in [-0.25, -0.2) is 0 Å². The molecule has 12 heteroatoms. The van der Waals surface area contributed by atoms with Crippen molar-refractivity contribution in [1.29, 1.82) is 0 Å². The number of methoxy groups -OCH3 is 1. The average molecular weight is 488 g/mol. The van der Waals surface area contributed by atoms with Crippen molar-refractivity contribution in [3.8, 4) is 11.5 Å². The van der Waals surface area contributed by atoms with Gasteiger partial charge >= 0.3 is 0 Å². The van der Waals surface area contributed by atoms with E-state index in [1.807, 2.05) is 0 Å². The molecule has 0 aliphatic heterocycles. The van der Waals surface area contributed by atoms with Gasteiger partial charge in [0.05, 0.1) is 21.9 Å². The van der Waals surface area contributed by atoms with Gasteiger partial charge in [0.15, 0.2) is 0 Å². The van der Waals surface area contributed by atoms with Crippen LogP contribution in [0.3, 0.4) is 0 Å². The van der Waals surface area contributed by atoms with Gasteiger partial charge < -0.3 is 9.47 Å². The van der Waals surface area contributed by atoms with Crippen molar-refractivity contribution in [2.75, 3.05) is 7.11 Å². The molecule has 0 atom stereocenters. The van der Waals surface area contributed by atoms with E-state index in [0.29, 0.717) is 11.5 Å². The predicted molar refractivity (Wildman–Crippen MR) is 120 cm³/mol. The zero-order valence-corrected chi connectivity index (χ0v) is 19.0. The summed E-state index contributed by atoms with van der Waals surface area (Å²) in [5.41, 5.74) is -0.806. The number of nitrogens with zero attached hydrogens (tertiary/aromatic N) is 2. The summed E-state index contributed by atoms with van der Waals surface area (Å²) in [6.45, 7) is 0.684. The minimum absolute atomic E-state index is 0.152. The molecule has 178 valence electrons. The maximum atomic E-state index is 12.5. The number of nitro benzene ring substituents is 2. The minimum Gasteiger partial charge on any atom is -0.497 e. The highest BCUT2D eigenvalue weighted by atomic mass is 32.2. The Morgan fingerprint density at radius 1 is 0.824 bits per heavy atom. The summed E-state index contributed by atoms with van der Waals surface area (Å²) in [6, 6.07) is 14.4. The molecule has 0 bridgehead atoms. The van der Waals surface area contributed by atoms with E-state index in [0.717, 1.165) is 17.7 Å². The molecule has 0 heterocycles. The number of benzene rings is 3. The van der Waals surface area contributed by atoms with Gasteiger partial charge in [0.2, 0.25) is 0 Å². The molecule has 0 saturated heterocycles. The second kappa shape index (κ2) is 10.3. The topological polar surface area (TPSA) is 148 Å². The number of nitro groups is 2. The second-order valence-corrected chi connectivity index (χ2v) is 8.74. The van der Waals surface area contributed by atoms with Gasteiger partial charge in [0, 0.05) is 17.7 Å². The fraction of sp³-hybridized carbons (Fsp3) is 0.182. The molecule has 0 aliphatic carbocycles. The number of rotatable bonds is 10. The van der Waals surface area contributed by atoms with Crippen molar-refractivity contribution < 1.29 is 31.9 Å². The zero-order valence-electron chi connectivity index (χ0n) is 18.2. The average Bonchev–Trinajstić information content (AvgIpc) is 2.81. The van der Waals surface area contributed by atoms with Crippen LogP contribution in [0.4, 0.5) is 11.4 Å². The van der Waals surface area contributed by atoms with Crippen LogP contribution >= 0.6 is 0 Å². The lowest BCUT2D eigenvalue weighted by Gasteiger charge is -2.10. The first-order valence-electron chi connectivity index (χ1n) is 9.78. The van der Waals surface area contributed by atoms with E-state index >= 15 is 0 Å². The Balaban J connectivity index is 1.88. The highest BCUT2D eigenvalue weighted by Gasteiger charge is 2.29. The Morgan fingerprint density at radius 2 is 1.35 bits per heavy atom. The highest BCUT2D eigenvalue weighted by Crippen LogP contribution is 2.33. The molecule has 0 radical (unpaired) electrons. The van der Waals surface area contributed by atoms with Crippen LogP contribution in [0.2, 0.25) is 0 Å². The van der Waals surface area contributed by atoms with E-state index in [2.05, 4.69) is 0 Å². The Bertz CT molecular complexity index is 1270. The van der Waals surface area contributed by atoms with Crippen molar-refractivity contribution >= 4 is 21.5 Å². The maximum Gasteiger partial charge on any atom is 0.297 e. The van der Waals surface area contributed by atoms with Crippen LogP contribution in [0.25, 0.3) is 0 Å². The maximum absolute atomic E-state index is 12.5. The molecule has 34 heavy (non-hydrogen) atoms. The molecular weight excluding hydrogens is 468 g/mol. The highest BCUT2D eigenvalue weighted by molar-refractivity contribution is 7.86. The largest absolute Gasteiger partial charge is 0.497 e. The molecule has 11 nitrogen and oxygen atoms in total. The van der Waals surface area contributed by atoms with Crippen LogP contribution in [0.1, 0.15) is 16.7 Å². The Kier molecular flexibility index (Phi) is 7.44. The van der Waals surface area contributed by atoms with Gasteiger partial charge in [-0.3, -0.25) is 24.4 Å². The SMILES string of the molecule is COc1ccc(OCc2cc([N+](=O)[O-])c(COS(=O)(=O)c3ccc(C)cc3)c([N+](=O)[O-])c2)cc1. The molecule has 0 saturated carbocycles. The Labute approximate surface area is 194 Å². The minimum atomic E-state index is -4.30. The number of ether oxygens (including phenoxy) is 2. The predicted octanol–water partition coefficient (Wildman–Crippen LogP) is 4.30. The number of aryl methyl sites for hydroxylation is 1. The summed E-state index contributed by atoms with van der Waals surface area (Å²) in [7, 11) is -2.80. The number of hydrogen-bond donors (Lipinski definition) is 0. The van der Waals surface area contributed by atoms with E-state index in [4.69, 9.17) is 13.7 Å². The summed E-state index contributed by atoms with van der Waals surface area (Å²) in [5.74, 6) is 1.02. The van der Waals surface area contributed by atoms with Crippen molar-refractivity contribution in [1.82, 2.24) is 0 Å². The standard InChI is InChI=1S/C22H20N2O9S/c1-15-3-9-19(10-4-15)34(29,30)33-14-20-21(23(25)26)11-16(12-22(20)24(27)28)13-32-18-7-5-17(31-2)6-8-18/h3-12H,13-14H2,1-2H3. The molecule has 0 aliphatic rings. The molecule has 0 aromatic heterocycles. The first-order chi connectivity index (χ1) is 16.1. The molecule has 3 aromatic rings. The lowest BCUT2D eigenvalue weighted by Crippen LogP contribution is -2.10. The van der Waals surface area contributed by atoms with Crippen LogP contribution in [-0.4, -0.2) is 25.4 Å². The molecule has 0 unspecified atom stereocenters. The normalized spacial score (nSPS) is 11.1. The van der Waals surface area contributed by atoms with Crippen molar-refractivity contribution in [2.24, 2.45) is 0 Å². The fourth-order valence-electron chi connectivity index (χ4n) is 3.00. The van der Waals surface area contributed by atoms with Crippen LogP contribution in [0, 0.1) is 27.2 Å². The van der Waals surface area contributed by atoms with Gasteiger partial charge in [0.1, 0.15) is 30.3 Å². The van der Waals surface area contributed by atoms with Gasteiger partial charge in [-0.15, -0.1) is 0 Å². The van der Waals surface area contributed by atoms with E-state index in [1.54, 1.807) is 43.3 Å². The van der Waals surface area contributed by atoms with Crippen molar-refractivity contribution in [3.63, 3.8) is 0 Å². The van der Waals surface area contributed by atoms with E-state index in [-0.39, 0.29) is 17.1 Å². The van der Waals surface area contributed by atoms with Crippen LogP contribution in [-0.2, 0) is 27.5 Å². The van der Waals surface area contributed by atoms with Gasteiger partial charge in [-0.2, -0.15) is 8.42 Å². The quantitative estimate of drug-likeness (QED) is 0.231. The lowest BCUT2D eigenvalue weighted by atomic mass is 10.1. The van der Waals surface area contributed by atoms with E-state index in [9.17, 15) is 28.6 Å². The van der Waals surface area contributed by atoms with E-state index < -0.39 is 43.5 Å². The molecule has 3 rings (SSSR count). The Hall–Kier alpha value is -4.03. The van der Waals surface area contributed by atoms with E-state index in [1.165, 1.54) is 19.2 Å². The first kappa shape index (κ1) is 24.6. The van der Waals surface area contributed by atoms with Gasteiger partial charge in [-0.05, 0) is 43.3 Å². The zero-order chi connectivity index (χ0) is 24.9. The van der Waals surface area contributed by atoms with Crippen LogP contribution in [0.5, 0.6) is 11.5 Å². The molecule has 3 aromatic carbocycles. The second-order valence-electron chi connectivity index (χ2n) is 7.12. The Morgan fingerprint density at radius 3 is 1.85 bits per heavy atom. The molecule has 0 amide bonds. The van der Waals surface area contributed by atoms with Crippen molar-refractivity contribution in [3.05, 3.63) is 97.6 Å². The molecule has 0 N–H and O–H groups in total. The lowest BCUT2D eigenvalue weighted by molar-refractivity contribution is -0.396.